The molecule has 1 aliphatic heterocycles. The summed E-state index contributed by atoms with van der Waals surface area (Å²) in [6.07, 6.45) is 4.05. The second-order valence-electron chi connectivity index (χ2n) is 15.5. The molecule has 1 aliphatic rings. The van der Waals surface area contributed by atoms with Crippen LogP contribution in [0.4, 0.5) is 0 Å². The highest BCUT2D eigenvalue weighted by molar-refractivity contribution is 6.09. The third-order valence-corrected chi connectivity index (χ3v) is 11.9. The second-order valence-corrected chi connectivity index (χ2v) is 15.5. The van der Waals surface area contributed by atoms with E-state index >= 15 is 9.59 Å². The zero-order chi connectivity index (χ0) is 42.3. The summed E-state index contributed by atoms with van der Waals surface area (Å²) in [7, 11) is 0. The molecule has 0 radical (unpaired) electrons. The molecule has 0 amide bonds. The minimum atomic E-state index is -0.261. The highest BCUT2D eigenvalue weighted by atomic mass is 16.5. The normalized spacial score (nSPS) is 14.1. The Hall–Kier alpha value is -7.44. The Balaban J connectivity index is 1.35. The molecule has 4 bridgehead atoms. The van der Waals surface area contributed by atoms with Gasteiger partial charge in [0, 0.05) is 47.7 Å². The Labute approximate surface area is 361 Å². The number of nitrogens with zero attached hydrogens (tertiary/aromatic N) is 6. The summed E-state index contributed by atoms with van der Waals surface area (Å²) in [5.74, 6) is 0. The van der Waals surface area contributed by atoms with Crippen molar-refractivity contribution >= 4 is 33.1 Å². The van der Waals surface area contributed by atoms with Crippen LogP contribution in [0.2, 0.25) is 0 Å². The molecule has 0 spiro atoms. The van der Waals surface area contributed by atoms with Crippen LogP contribution in [0.15, 0.2) is 168 Å². The first-order valence-corrected chi connectivity index (χ1v) is 21.3. The van der Waals surface area contributed by atoms with Gasteiger partial charge in [0.25, 0.3) is 11.1 Å². The molecule has 63 heavy (non-hydrogen) atoms. The van der Waals surface area contributed by atoms with E-state index in [0.717, 1.165) is 33.3 Å². The van der Waals surface area contributed by atoms with Crippen molar-refractivity contribution in [3.05, 3.63) is 179 Å². The monoisotopic (exact) mass is 830 g/mol. The van der Waals surface area contributed by atoms with Gasteiger partial charge < -0.3 is 32.1 Å². The zero-order valence-corrected chi connectivity index (χ0v) is 34.4. The van der Waals surface area contributed by atoms with Crippen LogP contribution in [0.5, 0.6) is 0 Å². The third kappa shape index (κ3) is 6.65. The molecular weight excluding hydrogens is 789 g/mol. The lowest BCUT2D eigenvalue weighted by atomic mass is 9.94. The van der Waals surface area contributed by atoms with Gasteiger partial charge in [-0.25, -0.2) is 9.97 Å². The summed E-state index contributed by atoms with van der Waals surface area (Å²) in [5.41, 5.74) is 10.7. The Morgan fingerprint density at radius 3 is 1.19 bits per heavy atom. The van der Waals surface area contributed by atoms with Gasteiger partial charge in [-0.2, -0.15) is 0 Å². The molecule has 11 nitrogen and oxygen atoms in total. The standard InChI is InChI=1S/C52H42N6O5/c59-51-47-45-43(35-15-3-1-4-16-35)41-23-11-13-25-55(41)49(45)50-46(44(36-17-5-2-6-18-36)42-24-12-14-26-56(42)50)48-52(60)58(40-22-10-8-20-38(40)54-48)28-30-62-32-34-63-33-31-61-29-27-57(51)39-21-9-7-19-37(39)53-47/h1-26H,27-34H2. The highest BCUT2D eigenvalue weighted by Gasteiger charge is 2.33. The molecular formula is C52H42N6O5. The quantitative estimate of drug-likeness (QED) is 0.171. The Morgan fingerprint density at radius 1 is 0.381 bits per heavy atom. The lowest BCUT2D eigenvalue weighted by Gasteiger charge is -2.16. The van der Waals surface area contributed by atoms with E-state index in [1.54, 1.807) is 9.13 Å². The van der Waals surface area contributed by atoms with Crippen LogP contribution >= 0.6 is 0 Å². The number of benzene rings is 4. The number of aromatic nitrogens is 6. The number of rotatable bonds is 2. The van der Waals surface area contributed by atoms with Crippen molar-refractivity contribution in [2.75, 3.05) is 39.6 Å². The second kappa shape index (κ2) is 16.4. The van der Waals surface area contributed by atoms with E-state index in [1.165, 1.54) is 0 Å². The van der Waals surface area contributed by atoms with Crippen molar-refractivity contribution in [3.8, 4) is 56.2 Å². The summed E-state index contributed by atoms with van der Waals surface area (Å²) in [6, 6.07) is 47.9. The Bertz CT molecular complexity index is 3210. The average Bonchev–Trinajstić information content (AvgIpc) is 3.84. The first-order chi connectivity index (χ1) is 31.2. The van der Waals surface area contributed by atoms with Crippen LogP contribution in [-0.4, -0.2) is 67.5 Å². The summed E-state index contributed by atoms with van der Waals surface area (Å²) in [6.45, 7) is 2.61. The molecule has 11 heteroatoms. The molecule has 0 atom stereocenters. The number of pyridine rings is 2. The van der Waals surface area contributed by atoms with Crippen molar-refractivity contribution in [1.29, 1.82) is 0 Å². The van der Waals surface area contributed by atoms with Crippen LogP contribution in [0.25, 0.3) is 89.3 Å². The maximum atomic E-state index is 15.5. The summed E-state index contributed by atoms with van der Waals surface area (Å²) in [5, 5.41) is 0. The van der Waals surface area contributed by atoms with Crippen LogP contribution in [0.3, 0.4) is 0 Å². The predicted octanol–water partition coefficient (Wildman–Crippen LogP) is 9.01. The van der Waals surface area contributed by atoms with Gasteiger partial charge in [0.15, 0.2) is 0 Å². The van der Waals surface area contributed by atoms with Crippen molar-refractivity contribution in [1.82, 2.24) is 27.9 Å². The van der Waals surface area contributed by atoms with Crippen LogP contribution in [-0.2, 0) is 27.3 Å². The SMILES string of the molecule is O=c1c2nc3ccccc3n1CCOCCOCCOCCn1c(=O)c(nc3ccccc31)-c1c(-c3ccccc3)c3ccccn3c1-c1c-2c(-c2ccccc2)c2ccccn12. The molecule has 310 valence electrons. The Kier molecular flexibility index (Phi) is 10.0. The van der Waals surface area contributed by atoms with E-state index < -0.39 is 0 Å². The van der Waals surface area contributed by atoms with Gasteiger partial charge in [0.2, 0.25) is 0 Å². The Morgan fingerprint density at radius 2 is 0.746 bits per heavy atom. The number of para-hydroxylation sites is 4. The molecule has 7 heterocycles. The van der Waals surface area contributed by atoms with Crippen molar-refractivity contribution in [2.45, 2.75) is 13.1 Å². The van der Waals surface area contributed by atoms with E-state index in [9.17, 15) is 0 Å². The van der Waals surface area contributed by atoms with Gasteiger partial charge in [-0.1, -0.05) is 97.1 Å². The van der Waals surface area contributed by atoms with Gasteiger partial charge in [0.1, 0.15) is 11.4 Å². The molecule has 4 aromatic carbocycles. The number of hydrogen-bond acceptors (Lipinski definition) is 7. The van der Waals surface area contributed by atoms with Gasteiger partial charge in [-0.3, -0.25) is 9.59 Å². The molecule has 11 rings (SSSR count). The van der Waals surface area contributed by atoms with E-state index in [-0.39, 0.29) is 35.7 Å². The molecule has 0 unspecified atom stereocenters. The maximum Gasteiger partial charge on any atom is 0.277 e. The fourth-order valence-electron chi connectivity index (χ4n) is 9.15. The maximum absolute atomic E-state index is 15.5. The first-order valence-electron chi connectivity index (χ1n) is 21.3. The van der Waals surface area contributed by atoms with E-state index in [0.29, 0.717) is 84.1 Å². The number of ether oxygens (including phenoxy) is 3. The topological polar surface area (TPSA) is 106 Å². The number of fused-ring (bicyclic) bond motifs is 17. The lowest BCUT2D eigenvalue weighted by molar-refractivity contribution is 0.0119. The summed E-state index contributed by atoms with van der Waals surface area (Å²) >= 11 is 0. The predicted molar refractivity (Wildman–Crippen MR) is 247 cm³/mol. The largest absolute Gasteiger partial charge is 0.377 e. The van der Waals surface area contributed by atoms with Crippen LogP contribution in [0, 0.1) is 0 Å². The average molecular weight is 831 g/mol. The fraction of sp³-hybridized carbons (Fsp3) is 0.154. The molecule has 0 saturated heterocycles. The molecule has 0 N–H and O–H groups in total. The minimum Gasteiger partial charge on any atom is -0.377 e. The van der Waals surface area contributed by atoms with Crippen LogP contribution < -0.4 is 11.1 Å². The van der Waals surface area contributed by atoms with E-state index in [1.807, 2.05) is 122 Å². The summed E-state index contributed by atoms with van der Waals surface area (Å²) in [4.78, 5) is 41.5. The molecule has 6 aromatic heterocycles. The third-order valence-electron chi connectivity index (χ3n) is 11.9. The van der Waals surface area contributed by atoms with Crippen molar-refractivity contribution in [3.63, 3.8) is 0 Å². The van der Waals surface area contributed by atoms with E-state index in [4.69, 9.17) is 24.2 Å². The number of hydrogen-bond donors (Lipinski definition) is 0. The van der Waals surface area contributed by atoms with Crippen molar-refractivity contribution in [2.24, 2.45) is 0 Å². The van der Waals surface area contributed by atoms with E-state index in [2.05, 4.69) is 45.2 Å². The van der Waals surface area contributed by atoms with Crippen molar-refractivity contribution < 1.29 is 14.2 Å². The highest BCUT2D eigenvalue weighted by Crippen LogP contribution is 2.50. The lowest BCUT2D eigenvalue weighted by Crippen LogP contribution is -2.26. The first kappa shape index (κ1) is 38.5. The molecule has 0 aliphatic carbocycles. The van der Waals surface area contributed by atoms with Gasteiger partial charge in [-0.15, -0.1) is 0 Å². The molecule has 0 fully saturated rings. The van der Waals surface area contributed by atoms with Gasteiger partial charge in [-0.05, 0) is 59.7 Å². The molecule has 0 saturated carbocycles. The van der Waals surface area contributed by atoms with Crippen LogP contribution in [0.1, 0.15) is 0 Å². The molecule has 10 aromatic rings. The minimum absolute atomic E-state index is 0.261. The zero-order valence-electron chi connectivity index (χ0n) is 34.4. The van der Waals surface area contributed by atoms with Gasteiger partial charge >= 0.3 is 0 Å². The smallest absolute Gasteiger partial charge is 0.277 e. The fourth-order valence-corrected chi connectivity index (χ4v) is 9.15. The summed E-state index contributed by atoms with van der Waals surface area (Å²) < 4.78 is 25.8. The van der Waals surface area contributed by atoms with Gasteiger partial charge in [0.05, 0.1) is 84.1 Å².